The molecule has 0 fully saturated rings. The molecule has 0 aliphatic rings. The predicted molar refractivity (Wildman–Crippen MR) is 43.6 cm³/mol. The molecule has 0 heterocycles. The number of nitrogens with two attached hydrogens (primary N) is 3. The van der Waals surface area contributed by atoms with Gasteiger partial charge in [0.2, 0.25) is 0 Å². The van der Waals surface area contributed by atoms with Crippen LogP contribution in [0, 0.1) is 0 Å². The van der Waals surface area contributed by atoms with Crippen LogP contribution in [0.2, 0.25) is 0 Å². The maximum Gasteiger partial charge on any atom is 0.185 e. The second-order valence-corrected chi connectivity index (χ2v) is 2.17. The van der Waals surface area contributed by atoms with E-state index >= 15 is 0 Å². The first-order valence-electron chi connectivity index (χ1n) is 3.35. The molecule has 5 nitrogen and oxygen atoms in total. The third kappa shape index (κ3) is 9.42. The third-order valence-electron chi connectivity index (χ3n) is 1.12. The Hall–Kier alpha value is -0.581. The monoisotopic (exact) mass is 213 g/mol. The molecule has 0 amide bonds. The number of aliphatic imine (C=N–C) groups is 1. The molecular weight excluding hydrogens is 200 g/mol. The summed E-state index contributed by atoms with van der Waals surface area (Å²) in [5, 5.41) is 0. The smallest absolute Gasteiger partial charge is 0.185 e. The van der Waals surface area contributed by atoms with Crippen molar-refractivity contribution in [3.05, 3.63) is 0 Å². The second kappa shape index (κ2) is 8.52. The molecule has 1 atom stereocenters. The van der Waals surface area contributed by atoms with Gasteiger partial charge in [-0.05, 0) is 6.42 Å². The van der Waals surface area contributed by atoms with Gasteiger partial charge in [0, 0.05) is 23.6 Å². The average molecular weight is 213 g/mol. The molecule has 0 bridgehead atoms. The molecule has 0 rings (SSSR count). The molecule has 0 radical (unpaired) electrons. The number of carbonyl (C=O) groups excluding carboxylic acids is 1. The zero-order valence-corrected chi connectivity index (χ0v) is 7.74. The molecule has 0 aromatic rings. The fraction of sp³-hybridized carbons (Fsp3) is 0.667. The summed E-state index contributed by atoms with van der Waals surface area (Å²) in [5.74, 6) is 0.0636. The van der Waals surface area contributed by atoms with E-state index in [1.807, 2.05) is 0 Å². The molecule has 0 aliphatic carbocycles. The molecule has 0 saturated heterocycles. The maximum absolute atomic E-state index is 9.90. The molecular formula is C6H13FeN4O-. The van der Waals surface area contributed by atoms with Gasteiger partial charge in [-0.3, -0.25) is 4.99 Å². The first kappa shape index (κ1) is 14.0. The van der Waals surface area contributed by atoms with Gasteiger partial charge in [-0.15, -0.1) is 0 Å². The molecule has 6 N–H and O–H groups in total. The van der Waals surface area contributed by atoms with E-state index in [0.29, 0.717) is 19.4 Å². The molecule has 0 spiro atoms. The molecule has 0 aromatic heterocycles. The van der Waals surface area contributed by atoms with Crippen LogP contribution < -0.4 is 17.2 Å². The summed E-state index contributed by atoms with van der Waals surface area (Å²) in [6.07, 6.45) is 2.94. The van der Waals surface area contributed by atoms with Crippen molar-refractivity contribution in [3.63, 3.8) is 0 Å². The number of rotatable bonds is 5. The predicted octanol–water partition coefficient (Wildman–Crippen LogP) is -1.53. The summed E-state index contributed by atoms with van der Waals surface area (Å²) in [6, 6.07) is -0.510. The Balaban J connectivity index is 0. The van der Waals surface area contributed by atoms with Crippen LogP contribution in [0.3, 0.4) is 0 Å². The summed E-state index contributed by atoms with van der Waals surface area (Å²) in [4.78, 5) is 13.6. The number of hydrogen-bond donors (Lipinski definition) is 3. The first-order chi connectivity index (χ1) is 5.16. The number of nitrogens with zero attached hydrogens (tertiary/aromatic N) is 1. The van der Waals surface area contributed by atoms with Gasteiger partial charge in [0.25, 0.3) is 0 Å². The molecule has 0 aromatic carbocycles. The second-order valence-electron chi connectivity index (χ2n) is 2.17. The van der Waals surface area contributed by atoms with Gasteiger partial charge in [-0.2, -0.15) is 0 Å². The van der Waals surface area contributed by atoms with Crippen molar-refractivity contribution in [2.45, 2.75) is 18.9 Å². The van der Waals surface area contributed by atoms with Gasteiger partial charge in [0.15, 0.2) is 5.96 Å². The largest absolute Gasteiger partial charge is 0.540 e. The quantitative estimate of drug-likeness (QED) is 0.169. The number of guanidine groups is 1. The van der Waals surface area contributed by atoms with Gasteiger partial charge in [-0.1, -0.05) is 12.5 Å². The van der Waals surface area contributed by atoms with Crippen molar-refractivity contribution in [1.29, 1.82) is 0 Å². The molecule has 0 aliphatic heterocycles. The van der Waals surface area contributed by atoms with Crippen molar-refractivity contribution in [2.24, 2.45) is 22.2 Å². The van der Waals surface area contributed by atoms with E-state index < -0.39 is 6.04 Å². The maximum atomic E-state index is 9.90. The fourth-order valence-electron chi connectivity index (χ4n) is 0.578. The topological polar surface area (TPSA) is 107 Å². The summed E-state index contributed by atoms with van der Waals surface area (Å²) in [5.41, 5.74) is 15.4. The fourth-order valence-corrected chi connectivity index (χ4v) is 0.578. The van der Waals surface area contributed by atoms with Crippen molar-refractivity contribution < 1.29 is 21.9 Å². The minimum atomic E-state index is -0.510. The van der Waals surface area contributed by atoms with Crippen LogP contribution in [0.25, 0.3) is 0 Å². The minimum Gasteiger partial charge on any atom is -0.540 e. The van der Waals surface area contributed by atoms with Crippen LogP contribution in [-0.2, 0) is 21.9 Å². The van der Waals surface area contributed by atoms with E-state index in [0.717, 1.165) is 0 Å². The van der Waals surface area contributed by atoms with Crippen molar-refractivity contribution >= 4 is 12.2 Å². The van der Waals surface area contributed by atoms with Gasteiger partial charge in [0.05, 0.1) is 0 Å². The Labute approximate surface area is 82.2 Å². The Morgan fingerprint density at radius 3 is 2.50 bits per heavy atom. The zero-order chi connectivity index (χ0) is 8.69. The normalized spacial score (nSPS) is 11.1. The van der Waals surface area contributed by atoms with Crippen LogP contribution in [-0.4, -0.2) is 24.8 Å². The standard InChI is InChI=1S/C6H13N4O.Fe/c7-5(4-11)2-1-3-10-6(8)9;/h5H,1-3,7H2,(H4,8,9,10);/q-1;/t5-;/m0./s1. The molecule has 12 heavy (non-hydrogen) atoms. The Morgan fingerprint density at radius 1 is 1.50 bits per heavy atom. The summed E-state index contributed by atoms with van der Waals surface area (Å²) in [7, 11) is 0. The van der Waals surface area contributed by atoms with Crippen molar-refractivity contribution in [1.82, 2.24) is 0 Å². The van der Waals surface area contributed by atoms with Crippen molar-refractivity contribution in [3.8, 4) is 0 Å². The van der Waals surface area contributed by atoms with E-state index in [1.165, 1.54) is 0 Å². The van der Waals surface area contributed by atoms with Gasteiger partial charge < -0.3 is 22.0 Å². The van der Waals surface area contributed by atoms with Gasteiger partial charge in [-0.25, -0.2) is 6.29 Å². The van der Waals surface area contributed by atoms with Gasteiger partial charge in [0.1, 0.15) is 0 Å². The Kier molecular flexibility index (Phi) is 9.92. The Bertz CT molecular complexity index is 146. The average Bonchev–Trinajstić information content (AvgIpc) is 1.97. The third-order valence-corrected chi connectivity index (χ3v) is 1.12. The number of hydrogen-bond acceptors (Lipinski definition) is 3. The molecule has 72 valence electrons. The van der Waals surface area contributed by atoms with E-state index in [-0.39, 0.29) is 23.0 Å². The molecule has 0 saturated carbocycles. The van der Waals surface area contributed by atoms with Crippen LogP contribution >= 0.6 is 0 Å². The summed E-state index contributed by atoms with van der Waals surface area (Å²) < 4.78 is 0. The van der Waals surface area contributed by atoms with Crippen LogP contribution in [0.15, 0.2) is 4.99 Å². The van der Waals surface area contributed by atoms with E-state index in [2.05, 4.69) is 4.99 Å². The van der Waals surface area contributed by atoms with E-state index in [9.17, 15) is 4.79 Å². The minimum absolute atomic E-state index is 0. The van der Waals surface area contributed by atoms with Crippen LogP contribution in [0.4, 0.5) is 0 Å². The van der Waals surface area contributed by atoms with Crippen LogP contribution in [0.1, 0.15) is 12.8 Å². The van der Waals surface area contributed by atoms with Crippen molar-refractivity contribution in [2.75, 3.05) is 6.54 Å². The summed E-state index contributed by atoms with van der Waals surface area (Å²) in [6.45, 7) is 0.512. The van der Waals surface area contributed by atoms with E-state index in [1.54, 1.807) is 6.29 Å². The SMILES string of the molecule is NC(N)=NCCC[C@H](N)[C-]=O.[Fe]. The Morgan fingerprint density at radius 2 is 2.08 bits per heavy atom. The first-order valence-corrected chi connectivity index (χ1v) is 3.35. The zero-order valence-electron chi connectivity index (χ0n) is 6.64. The molecule has 6 heteroatoms. The molecule has 0 unspecified atom stereocenters. The van der Waals surface area contributed by atoms with Gasteiger partial charge >= 0.3 is 0 Å². The van der Waals surface area contributed by atoms with Crippen LogP contribution in [0.5, 0.6) is 0 Å². The van der Waals surface area contributed by atoms with E-state index in [4.69, 9.17) is 17.2 Å². The summed E-state index contributed by atoms with van der Waals surface area (Å²) >= 11 is 0.